The standard InChI is InChI=1S/C15H24N2/c1-3-7-16-11-13-9-12(14(16)5-1)10-17-8-4-2-6-15(13)17/h1,5,12-15H,2-4,6-11H2. The number of rotatable bonds is 0. The van der Waals surface area contributed by atoms with E-state index in [-0.39, 0.29) is 0 Å². The largest absolute Gasteiger partial charge is 0.300 e. The summed E-state index contributed by atoms with van der Waals surface area (Å²) in [6.07, 6.45) is 12.1. The molecule has 0 aliphatic carbocycles. The number of fused-ring (bicyclic) bond motifs is 6. The van der Waals surface area contributed by atoms with Gasteiger partial charge in [0.25, 0.3) is 0 Å². The molecule has 0 aromatic heterocycles. The van der Waals surface area contributed by atoms with Crippen LogP contribution in [0.2, 0.25) is 0 Å². The van der Waals surface area contributed by atoms with Gasteiger partial charge in [-0.25, -0.2) is 0 Å². The summed E-state index contributed by atoms with van der Waals surface area (Å²) < 4.78 is 0. The van der Waals surface area contributed by atoms with Gasteiger partial charge in [0.2, 0.25) is 0 Å². The lowest BCUT2D eigenvalue weighted by molar-refractivity contribution is -0.0504. The van der Waals surface area contributed by atoms with Crippen LogP contribution in [0.15, 0.2) is 12.2 Å². The summed E-state index contributed by atoms with van der Waals surface area (Å²) in [5.41, 5.74) is 0. The second-order valence-electron chi connectivity index (χ2n) is 6.52. The number of nitrogens with zero attached hydrogens (tertiary/aromatic N) is 2. The van der Waals surface area contributed by atoms with Crippen molar-refractivity contribution in [2.75, 3.05) is 26.2 Å². The molecule has 0 spiro atoms. The molecule has 2 bridgehead atoms. The van der Waals surface area contributed by atoms with Crippen molar-refractivity contribution in [3.8, 4) is 0 Å². The van der Waals surface area contributed by atoms with E-state index < -0.39 is 0 Å². The van der Waals surface area contributed by atoms with Crippen molar-refractivity contribution in [3.63, 3.8) is 0 Å². The zero-order valence-electron chi connectivity index (χ0n) is 10.7. The third-order valence-corrected chi connectivity index (χ3v) is 5.57. The average Bonchev–Trinajstić information content (AvgIpc) is 2.39. The van der Waals surface area contributed by atoms with Gasteiger partial charge >= 0.3 is 0 Å². The van der Waals surface area contributed by atoms with Crippen LogP contribution < -0.4 is 0 Å². The van der Waals surface area contributed by atoms with E-state index in [0.717, 1.165) is 23.9 Å². The van der Waals surface area contributed by atoms with Gasteiger partial charge in [0.1, 0.15) is 0 Å². The Morgan fingerprint density at radius 2 is 1.88 bits per heavy atom. The van der Waals surface area contributed by atoms with E-state index >= 15 is 0 Å². The van der Waals surface area contributed by atoms with Crippen LogP contribution in [-0.2, 0) is 0 Å². The van der Waals surface area contributed by atoms with Crippen molar-refractivity contribution in [1.29, 1.82) is 0 Å². The minimum atomic E-state index is 0.780. The first-order valence-electron chi connectivity index (χ1n) is 7.56. The Labute approximate surface area is 105 Å². The average molecular weight is 232 g/mol. The lowest BCUT2D eigenvalue weighted by Gasteiger charge is -2.56. The van der Waals surface area contributed by atoms with Crippen LogP contribution in [0.1, 0.15) is 32.1 Å². The van der Waals surface area contributed by atoms with E-state index in [1.54, 1.807) is 0 Å². The van der Waals surface area contributed by atoms with Gasteiger partial charge in [-0.05, 0) is 44.1 Å². The molecule has 0 N–H and O–H groups in total. The third-order valence-electron chi connectivity index (χ3n) is 5.57. The first-order valence-corrected chi connectivity index (χ1v) is 7.56. The Morgan fingerprint density at radius 3 is 2.88 bits per heavy atom. The van der Waals surface area contributed by atoms with Crippen LogP contribution in [0.25, 0.3) is 0 Å². The predicted octanol–water partition coefficient (Wildman–Crippen LogP) is 2.12. The highest BCUT2D eigenvalue weighted by molar-refractivity contribution is 5.09. The molecule has 94 valence electrons. The van der Waals surface area contributed by atoms with Gasteiger partial charge in [-0.2, -0.15) is 0 Å². The summed E-state index contributed by atoms with van der Waals surface area (Å²) in [4.78, 5) is 5.62. The molecule has 4 unspecified atom stereocenters. The molecule has 0 aromatic rings. The predicted molar refractivity (Wildman–Crippen MR) is 69.9 cm³/mol. The summed E-state index contributed by atoms with van der Waals surface area (Å²) >= 11 is 0. The Hall–Kier alpha value is -0.340. The Kier molecular flexibility index (Phi) is 2.55. The third kappa shape index (κ3) is 1.68. The SMILES string of the molecule is C1=CC2C3CC(CN2CC1)C1CCCCN1C3. The Morgan fingerprint density at radius 1 is 0.941 bits per heavy atom. The van der Waals surface area contributed by atoms with Gasteiger partial charge in [0, 0.05) is 31.7 Å². The van der Waals surface area contributed by atoms with Gasteiger partial charge < -0.3 is 0 Å². The van der Waals surface area contributed by atoms with E-state index in [1.807, 2.05) is 0 Å². The second-order valence-corrected chi connectivity index (χ2v) is 6.52. The lowest BCUT2D eigenvalue weighted by Crippen LogP contribution is -2.62. The first-order chi connectivity index (χ1) is 8.42. The highest BCUT2D eigenvalue weighted by Gasteiger charge is 2.45. The van der Waals surface area contributed by atoms with Crippen molar-refractivity contribution >= 4 is 0 Å². The smallest absolute Gasteiger partial charge is 0.0319 e. The van der Waals surface area contributed by atoms with Gasteiger partial charge in [-0.3, -0.25) is 9.80 Å². The molecule has 4 atom stereocenters. The Bertz CT molecular complexity index is 325. The lowest BCUT2D eigenvalue weighted by atomic mass is 9.72. The fourth-order valence-electron chi connectivity index (χ4n) is 4.86. The van der Waals surface area contributed by atoms with Crippen LogP contribution in [0.4, 0.5) is 0 Å². The molecular formula is C15H24N2. The zero-order valence-corrected chi connectivity index (χ0v) is 10.7. The molecule has 17 heavy (non-hydrogen) atoms. The Balaban J connectivity index is 1.60. The summed E-state index contributed by atoms with van der Waals surface area (Å²) in [5.74, 6) is 1.91. The quantitative estimate of drug-likeness (QED) is 0.590. The molecule has 4 aliphatic heterocycles. The van der Waals surface area contributed by atoms with E-state index in [2.05, 4.69) is 22.0 Å². The molecule has 0 amide bonds. The topological polar surface area (TPSA) is 6.48 Å². The van der Waals surface area contributed by atoms with Crippen molar-refractivity contribution < 1.29 is 0 Å². The zero-order chi connectivity index (χ0) is 11.2. The van der Waals surface area contributed by atoms with Crippen molar-refractivity contribution in [2.24, 2.45) is 11.8 Å². The van der Waals surface area contributed by atoms with Gasteiger partial charge in [0.05, 0.1) is 0 Å². The van der Waals surface area contributed by atoms with Crippen LogP contribution in [-0.4, -0.2) is 48.1 Å². The molecule has 4 heterocycles. The summed E-state index contributed by atoms with van der Waals surface area (Å²) in [6, 6.07) is 1.72. The summed E-state index contributed by atoms with van der Waals surface area (Å²) in [7, 11) is 0. The van der Waals surface area contributed by atoms with E-state index in [9.17, 15) is 0 Å². The van der Waals surface area contributed by atoms with Gasteiger partial charge in [-0.1, -0.05) is 18.6 Å². The molecule has 2 nitrogen and oxygen atoms in total. The number of piperidine rings is 3. The van der Waals surface area contributed by atoms with Crippen molar-refractivity contribution in [1.82, 2.24) is 9.80 Å². The van der Waals surface area contributed by atoms with Crippen LogP contribution >= 0.6 is 0 Å². The summed E-state index contributed by atoms with van der Waals surface area (Å²) in [5, 5.41) is 0. The molecule has 4 aliphatic rings. The fraction of sp³-hybridized carbons (Fsp3) is 0.867. The maximum atomic E-state index is 2.84. The normalized spacial score (nSPS) is 46.4. The highest BCUT2D eigenvalue weighted by Crippen LogP contribution is 2.41. The number of hydrogen-bond acceptors (Lipinski definition) is 2. The van der Waals surface area contributed by atoms with Gasteiger partial charge in [0.15, 0.2) is 0 Å². The maximum Gasteiger partial charge on any atom is 0.0319 e. The first kappa shape index (κ1) is 10.6. The van der Waals surface area contributed by atoms with Crippen LogP contribution in [0.3, 0.4) is 0 Å². The van der Waals surface area contributed by atoms with Crippen LogP contribution in [0, 0.1) is 11.8 Å². The number of hydrogen-bond donors (Lipinski definition) is 0. The van der Waals surface area contributed by atoms with Crippen LogP contribution in [0.5, 0.6) is 0 Å². The fourth-order valence-corrected chi connectivity index (χ4v) is 4.86. The van der Waals surface area contributed by atoms with E-state index in [0.29, 0.717) is 0 Å². The highest BCUT2D eigenvalue weighted by atomic mass is 15.2. The molecule has 2 heteroatoms. The minimum Gasteiger partial charge on any atom is -0.300 e. The summed E-state index contributed by atoms with van der Waals surface area (Å²) in [6.45, 7) is 5.47. The minimum absolute atomic E-state index is 0.780. The van der Waals surface area contributed by atoms with Crippen molar-refractivity contribution in [2.45, 2.75) is 44.2 Å². The van der Waals surface area contributed by atoms with Gasteiger partial charge in [-0.15, -0.1) is 0 Å². The molecule has 3 saturated heterocycles. The molecule has 0 radical (unpaired) electrons. The second kappa shape index (κ2) is 4.10. The van der Waals surface area contributed by atoms with E-state index in [1.165, 1.54) is 58.3 Å². The maximum absolute atomic E-state index is 2.84. The monoisotopic (exact) mass is 232 g/mol. The van der Waals surface area contributed by atoms with Crippen molar-refractivity contribution in [3.05, 3.63) is 12.2 Å². The molecule has 3 fully saturated rings. The molecule has 0 aromatic carbocycles. The molecular weight excluding hydrogens is 208 g/mol. The molecule has 0 saturated carbocycles. The molecule has 4 rings (SSSR count). The van der Waals surface area contributed by atoms with E-state index in [4.69, 9.17) is 0 Å².